The molecule has 0 aliphatic carbocycles. The van der Waals surface area contributed by atoms with E-state index in [0.29, 0.717) is 16.8 Å². The van der Waals surface area contributed by atoms with Crippen LogP contribution in [0.5, 0.6) is 0 Å². The quantitative estimate of drug-likeness (QED) is 0.0531. The van der Waals surface area contributed by atoms with Gasteiger partial charge in [0.15, 0.2) is 0 Å². The van der Waals surface area contributed by atoms with Gasteiger partial charge in [0.05, 0.1) is 47.6 Å². The smallest absolute Gasteiger partial charge is 0.412 e. The van der Waals surface area contributed by atoms with Crippen LogP contribution in [0.25, 0.3) is 11.8 Å². The monoisotopic (exact) mass is 932 g/mol. The van der Waals surface area contributed by atoms with E-state index < -0.39 is 74.4 Å². The van der Waals surface area contributed by atoms with Gasteiger partial charge >= 0.3 is 12.1 Å². The summed E-state index contributed by atoms with van der Waals surface area (Å²) < 4.78 is 63.7. The number of rotatable bonds is 19. The highest BCUT2D eigenvalue weighted by Gasteiger charge is 2.31. The number of aliphatic hydroxyl groups is 1. The number of alkyl carbamates (subject to hydrolysis) is 1. The van der Waals surface area contributed by atoms with E-state index in [2.05, 4.69) is 16.0 Å². The molecule has 66 heavy (non-hydrogen) atoms. The highest BCUT2D eigenvalue weighted by molar-refractivity contribution is 7.93. The van der Waals surface area contributed by atoms with Crippen LogP contribution in [0.2, 0.25) is 0 Å². The summed E-state index contributed by atoms with van der Waals surface area (Å²) in [5.41, 5.74) is 0.890. The van der Waals surface area contributed by atoms with Gasteiger partial charge in [-0.05, 0) is 127 Å². The molecule has 4 rings (SSSR count). The highest BCUT2D eigenvalue weighted by Crippen LogP contribution is 2.26. The lowest BCUT2D eigenvalue weighted by Gasteiger charge is -2.27. The Labute approximate surface area is 386 Å². The van der Waals surface area contributed by atoms with E-state index >= 15 is 0 Å². The third-order valence-corrected chi connectivity index (χ3v) is 11.8. The maximum atomic E-state index is 14.2. The number of esters is 1. The summed E-state index contributed by atoms with van der Waals surface area (Å²) in [4.78, 5) is 53.8. The summed E-state index contributed by atoms with van der Waals surface area (Å²) in [7, 11) is -1.36. The van der Waals surface area contributed by atoms with E-state index in [9.17, 15) is 37.1 Å². The third-order valence-electron chi connectivity index (χ3n) is 9.63. The first kappa shape index (κ1) is 52.5. The minimum absolute atomic E-state index is 0.00388. The Kier molecular flexibility index (Phi) is 18.2. The predicted molar refractivity (Wildman–Crippen MR) is 252 cm³/mol. The summed E-state index contributed by atoms with van der Waals surface area (Å²) in [6.07, 6.45) is -1.97. The number of methoxy groups -OCH3 is 1. The maximum absolute atomic E-state index is 14.2. The number of nitrogens with zero attached hydrogens (tertiary/aromatic N) is 1. The molecule has 0 saturated carbocycles. The molecule has 0 fully saturated rings. The van der Waals surface area contributed by atoms with Crippen LogP contribution in [-0.4, -0.2) is 92.9 Å². The van der Waals surface area contributed by atoms with E-state index in [4.69, 9.17) is 18.9 Å². The Morgan fingerprint density at radius 1 is 0.818 bits per heavy atom. The first-order chi connectivity index (χ1) is 30.8. The zero-order valence-corrected chi connectivity index (χ0v) is 39.8. The van der Waals surface area contributed by atoms with Gasteiger partial charge in [-0.3, -0.25) is 19.2 Å². The molecule has 0 aliphatic rings. The second kappa shape index (κ2) is 22.9. The van der Waals surface area contributed by atoms with Crippen LogP contribution in [0.3, 0.4) is 0 Å². The normalized spacial score (nSPS) is 13.6. The molecule has 15 nitrogen and oxygen atoms in total. The van der Waals surface area contributed by atoms with Gasteiger partial charge in [0.25, 0.3) is 11.8 Å². The molecule has 4 aromatic rings. The minimum atomic E-state index is -3.92. The van der Waals surface area contributed by atoms with Gasteiger partial charge in [-0.25, -0.2) is 22.4 Å². The molecule has 0 aromatic heterocycles. The van der Waals surface area contributed by atoms with Gasteiger partial charge < -0.3 is 34.7 Å². The number of ether oxygens (including phenoxy) is 4. The summed E-state index contributed by atoms with van der Waals surface area (Å²) >= 11 is 0. The largest absolute Gasteiger partial charge is 0.456 e. The van der Waals surface area contributed by atoms with Crippen molar-refractivity contribution in [3.63, 3.8) is 0 Å². The van der Waals surface area contributed by atoms with Crippen LogP contribution >= 0.6 is 0 Å². The number of anilines is 2. The van der Waals surface area contributed by atoms with Crippen molar-refractivity contribution in [1.82, 2.24) is 10.6 Å². The number of carbonyl (C=O) groups excluding carboxylic acids is 4. The van der Waals surface area contributed by atoms with Crippen molar-refractivity contribution in [1.29, 1.82) is 0 Å². The van der Waals surface area contributed by atoms with Crippen molar-refractivity contribution in [3.05, 3.63) is 131 Å². The van der Waals surface area contributed by atoms with E-state index in [1.54, 1.807) is 71.9 Å². The van der Waals surface area contributed by atoms with Gasteiger partial charge in [0.1, 0.15) is 23.1 Å². The van der Waals surface area contributed by atoms with Gasteiger partial charge in [-0.1, -0.05) is 48.5 Å². The third kappa shape index (κ3) is 16.1. The number of benzene rings is 4. The van der Waals surface area contributed by atoms with Gasteiger partial charge in [-0.15, -0.1) is 0 Å². The number of carbonyl (C=O) groups is 4. The van der Waals surface area contributed by atoms with Crippen LogP contribution in [0.4, 0.5) is 20.6 Å². The van der Waals surface area contributed by atoms with E-state index in [1.165, 1.54) is 70.5 Å². The molecule has 0 bridgehead atoms. The fourth-order valence-electron chi connectivity index (χ4n) is 6.25. The van der Waals surface area contributed by atoms with E-state index in [-0.39, 0.29) is 42.1 Å². The predicted octanol–water partition coefficient (Wildman–Crippen LogP) is 7.70. The van der Waals surface area contributed by atoms with Crippen molar-refractivity contribution in [3.8, 4) is 0 Å². The molecule has 0 saturated heterocycles. The molecule has 4 N–H and O–H groups in total. The van der Waals surface area contributed by atoms with Gasteiger partial charge in [-0.2, -0.15) is 0 Å². The first-order valence-corrected chi connectivity index (χ1v) is 22.7. The summed E-state index contributed by atoms with van der Waals surface area (Å²) in [6.45, 7) is 12.9. The van der Waals surface area contributed by atoms with Crippen LogP contribution in [0.1, 0.15) is 99.2 Å². The minimum Gasteiger partial charge on any atom is -0.456 e. The zero-order chi connectivity index (χ0) is 49.0. The number of sulfonamides is 1. The lowest BCUT2D eigenvalue weighted by Crippen LogP contribution is -2.48. The molecule has 0 spiro atoms. The summed E-state index contributed by atoms with van der Waals surface area (Å²) in [6, 6.07) is 24.2. The standard InChI is InChI=1S/C49H61FN4O11S/c1-31(2)66(60,61)54(9)39-26-35(25-36(27-39)46(58)64-48(3,4)5)44(56)52-41(42(55)28-43(62-10)45(57)51-38-21-19-37(50)20-22-38)30-63-29-33-17-14-18-34(23-33)40(24-32-15-12-11-13-16-32)53-47(59)65-49(6,7)8/h11-27,31,41-43,55H,28-30H2,1-10H3,(H,51,57)(H,52,56)(H,53,59)/b40-24-/t41-,42-,43+/m0/s1. The number of aliphatic hydroxyl groups excluding tert-OH is 1. The summed E-state index contributed by atoms with van der Waals surface area (Å²) in [5, 5.41) is 19.1. The Balaban J connectivity index is 1.67. The Hall–Kier alpha value is -6.14. The average Bonchev–Trinajstić information content (AvgIpc) is 3.24. The van der Waals surface area contributed by atoms with Crippen LogP contribution < -0.4 is 20.3 Å². The fraction of sp³-hybridized carbons (Fsp3) is 0.388. The summed E-state index contributed by atoms with van der Waals surface area (Å²) in [5.74, 6) is -2.79. The van der Waals surface area contributed by atoms with Crippen molar-refractivity contribution >= 4 is 57.0 Å². The second-order valence-electron chi connectivity index (χ2n) is 17.7. The van der Waals surface area contributed by atoms with Crippen LogP contribution in [-0.2, 0) is 40.4 Å². The lowest BCUT2D eigenvalue weighted by molar-refractivity contribution is -0.128. The van der Waals surface area contributed by atoms with Crippen LogP contribution in [0.15, 0.2) is 97.1 Å². The molecule has 0 unspecified atom stereocenters. The Bertz CT molecular complexity index is 2450. The average molecular weight is 933 g/mol. The Morgan fingerprint density at radius 3 is 2.06 bits per heavy atom. The number of hydrogen-bond donors (Lipinski definition) is 4. The molecule has 4 aromatic carbocycles. The second-order valence-corrected chi connectivity index (χ2v) is 20.3. The molecule has 3 atom stereocenters. The molecule has 17 heteroatoms. The lowest BCUT2D eigenvalue weighted by atomic mass is 10.0. The number of hydrogen-bond acceptors (Lipinski definition) is 11. The van der Waals surface area contributed by atoms with Crippen LogP contribution in [0, 0.1) is 5.82 Å². The molecule has 3 amide bonds. The Morgan fingerprint density at radius 2 is 1.45 bits per heavy atom. The SMILES string of the molecule is CO[C@H](C[C@H](O)[C@H](COCc1cccc(/C(=C/c2ccccc2)NC(=O)OC(C)(C)C)c1)NC(=O)c1cc(C(=O)OC(C)(C)C)cc(N(C)S(=O)(=O)C(C)C)c1)C(=O)Nc1ccc(F)cc1. The molecule has 0 radical (unpaired) electrons. The number of amides is 3. The maximum Gasteiger partial charge on any atom is 0.412 e. The van der Waals surface area contributed by atoms with Crippen molar-refractivity contribution in [2.75, 3.05) is 30.4 Å². The highest BCUT2D eigenvalue weighted by atomic mass is 32.2. The topological polar surface area (TPSA) is 199 Å². The van der Waals surface area contributed by atoms with Crippen molar-refractivity contribution in [2.45, 2.75) is 103 Å². The molecule has 0 aliphatic heterocycles. The molecular formula is C49H61FN4O11S. The first-order valence-electron chi connectivity index (χ1n) is 21.2. The fourth-order valence-corrected chi connectivity index (χ4v) is 7.28. The zero-order valence-electron chi connectivity index (χ0n) is 39.0. The van der Waals surface area contributed by atoms with E-state index in [0.717, 1.165) is 9.87 Å². The molecule has 356 valence electrons. The molecular weight excluding hydrogens is 872 g/mol. The van der Waals surface area contributed by atoms with Gasteiger partial charge in [0.2, 0.25) is 10.0 Å². The van der Waals surface area contributed by atoms with E-state index in [1.807, 2.05) is 30.3 Å². The van der Waals surface area contributed by atoms with Gasteiger partial charge in [0, 0.05) is 31.8 Å². The van der Waals surface area contributed by atoms with Crippen molar-refractivity contribution in [2.24, 2.45) is 0 Å². The number of nitrogens with one attached hydrogen (secondary N) is 3. The molecule has 0 heterocycles. The number of halogens is 1. The van der Waals surface area contributed by atoms with Crippen molar-refractivity contribution < 1.29 is 56.0 Å².